The maximum Gasteiger partial charge on any atom is 0.408 e. The van der Waals surface area contributed by atoms with Crippen molar-refractivity contribution < 1.29 is 33.4 Å². The van der Waals surface area contributed by atoms with Crippen LogP contribution in [-0.4, -0.2) is 83.6 Å². The zero-order valence-electron chi connectivity index (χ0n) is 32.6. The van der Waals surface area contributed by atoms with Crippen LogP contribution in [0.1, 0.15) is 126 Å². The third-order valence-corrected chi connectivity index (χ3v) is 15.0. The first-order valence-corrected chi connectivity index (χ1v) is 19.6. The van der Waals surface area contributed by atoms with Crippen molar-refractivity contribution in [2.45, 2.75) is 155 Å². The van der Waals surface area contributed by atoms with E-state index in [1.54, 1.807) is 31.7 Å². The summed E-state index contributed by atoms with van der Waals surface area (Å²) in [5, 5.41) is 9.08. The third-order valence-electron chi connectivity index (χ3n) is 15.0. The molecule has 5 amide bonds. The van der Waals surface area contributed by atoms with Crippen LogP contribution in [0.4, 0.5) is 4.79 Å². The molecule has 2 aliphatic heterocycles. The van der Waals surface area contributed by atoms with Crippen molar-refractivity contribution in [3.05, 3.63) is 12.7 Å². The Labute approximate surface area is 309 Å². The molecule has 5 N–H and O–H groups in total. The van der Waals surface area contributed by atoms with Gasteiger partial charge in [0.2, 0.25) is 23.6 Å². The Hall–Kier alpha value is -3.15. The molecular formula is C40H63N5O7. The molecule has 12 nitrogen and oxygen atoms in total. The van der Waals surface area contributed by atoms with Gasteiger partial charge in [0.1, 0.15) is 29.3 Å². The summed E-state index contributed by atoms with van der Waals surface area (Å²) in [6.07, 6.45) is 10.5. The fourth-order valence-electron chi connectivity index (χ4n) is 11.1. The molecule has 6 rings (SSSR count). The molecule has 6 atom stereocenters. The summed E-state index contributed by atoms with van der Waals surface area (Å²) in [6, 6.07) is -2.77. The number of primary amides is 1. The fourth-order valence-corrected chi connectivity index (χ4v) is 11.1. The minimum absolute atomic E-state index is 0.0392. The van der Waals surface area contributed by atoms with Crippen LogP contribution in [0, 0.1) is 33.0 Å². The van der Waals surface area contributed by atoms with Gasteiger partial charge in [-0.2, -0.15) is 0 Å². The van der Waals surface area contributed by atoms with Crippen molar-refractivity contribution in [2.75, 3.05) is 19.8 Å². The molecule has 0 aromatic carbocycles. The van der Waals surface area contributed by atoms with Gasteiger partial charge in [-0.1, -0.05) is 59.5 Å². The standard InChI is InChI=1S/C40H63N5O7/c1-9-25-22-40(25,32(41)49)44-29(46)26-23-39(35(5,6)38(39)16-13-17-38)24-45(26)31(48)28(37(8)18-20-51-21-19-37)42-30(47)27(36(7)14-11-10-12-15-36)43-33(50)52-34(2,3)4/h9,25-28H,1,10-24H2,2-8H3,(H2,41,49)(H,42,47)(H,43,50)(H,44,46)/t25?,26?,27?,28-,39?,40-/m1/s1. The van der Waals surface area contributed by atoms with E-state index < -0.39 is 63.9 Å². The average Bonchev–Trinajstić information content (AvgIpc) is 3.77. The number of likely N-dealkylation sites (tertiary alicyclic amines) is 1. The smallest absolute Gasteiger partial charge is 0.408 e. The number of hydrogen-bond donors (Lipinski definition) is 4. The molecule has 4 saturated carbocycles. The number of alkyl carbamates (subject to hydrolysis) is 1. The number of nitrogens with one attached hydrogen (secondary N) is 3. The monoisotopic (exact) mass is 725 g/mol. The van der Waals surface area contributed by atoms with Crippen LogP contribution >= 0.6 is 0 Å². The second-order valence-corrected chi connectivity index (χ2v) is 19.2. The largest absolute Gasteiger partial charge is 0.444 e. The van der Waals surface area contributed by atoms with Gasteiger partial charge in [-0.15, -0.1) is 6.58 Å². The highest BCUT2D eigenvalue weighted by atomic mass is 16.6. The number of nitrogens with zero attached hydrogens (tertiary/aromatic N) is 1. The van der Waals surface area contributed by atoms with Crippen LogP contribution in [0.15, 0.2) is 12.7 Å². The highest BCUT2D eigenvalue weighted by Crippen LogP contribution is 2.88. The average molecular weight is 726 g/mol. The molecule has 0 aromatic rings. The van der Waals surface area contributed by atoms with Gasteiger partial charge in [-0.05, 0) is 88.4 Å². The Morgan fingerprint density at radius 2 is 1.46 bits per heavy atom. The molecule has 6 aliphatic rings. The zero-order chi connectivity index (χ0) is 38.1. The lowest BCUT2D eigenvalue weighted by atomic mass is 9.69. The van der Waals surface area contributed by atoms with E-state index in [0.717, 1.165) is 51.4 Å². The van der Waals surface area contributed by atoms with E-state index >= 15 is 4.79 Å². The Bertz CT molecular complexity index is 1490. The maximum absolute atomic E-state index is 15.3. The summed E-state index contributed by atoms with van der Waals surface area (Å²) in [4.78, 5) is 72.0. The second-order valence-electron chi connectivity index (χ2n) is 19.2. The van der Waals surface area contributed by atoms with E-state index in [1.165, 1.54) is 0 Å². The summed E-state index contributed by atoms with van der Waals surface area (Å²) < 4.78 is 11.4. The van der Waals surface area contributed by atoms with Crippen molar-refractivity contribution in [3.63, 3.8) is 0 Å². The molecule has 2 heterocycles. The predicted octanol–water partition coefficient (Wildman–Crippen LogP) is 4.50. The van der Waals surface area contributed by atoms with E-state index in [0.29, 0.717) is 45.4 Å². The lowest BCUT2D eigenvalue weighted by molar-refractivity contribution is -0.147. The summed E-state index contributed by atoms with van der Waals surface area (Å²) in [7, 11) is 0. The van der Waals surface area contributed by atoms with Crippen molar-refractivity contribution in [3.8, 4) is 0 Å². The first-order chi connectivity index (χ1) is 24.2. The molecule has 4 unspecified atom stereocenters. The maximum atomic E-state index is 15.3. The number of hydrogen-bond acceptors (Lipinski definition) is 7. The molecule has 290 valence electrons. The van der Waals surface area contributed by atoms with Crippen molar-refractivity contribution in [2.24, 2.45) is 38.7 Å². The van der Waals surface area contributed by atoms with Crippen LogP contribution in [-0.2, 0) is 28.7 Å². The molecule has 2 spiro atoms. The highest BCUT2D eigenvalue weighted by Gasteiger charge is 2.85. The number of fused-ring (bicyclic) bond motifs is 1. The van der Waals surface area contributed by atoms with E-state index in [9.17, 15) is 19.2 Å². The Morgan fingerprint density at radius 3 is 1.96 bits per heavy atom. The van der Waals surface area contributed by atoms with Crippen LogP contribution < -0.4 is 21.7 Å². The van der Waals surface area contributed by atoms with Crippen molar-refractivity contribution in [1.82, 2.24) is 20.9 Å². The SMILES string of the molecule is C=CC1C[C@]1(NC(=O)C1CC2(CN1C(=O)[C@@H](NC(=O)C(NC(=O)OC(C)(C)C)C1(C)CCCCC1)C1(C)CCOCC1)C(C)(C)C21CCC1)C(N)=O. The minimum atomic E-state index is -1.22. The molecule has 2 saturated heterocycles. The number of amides is 5. The second kappa shape index (κ2) is 13.0. The number of carbonyl (C=O) groups is 5. The van der Waals surface area contributed by atoms with Gasteiger partial charge in [0.05, 0.1) is 0 Å². The van der Waals surface area contributed by atoms with E-state index in [1.807, 2.05) is 13.8 Å². The van der Waals surface area contributed by atoms with Crippen LogP contribution in [0.25, 0.3) is 0 Å². The Kier molecular flexibility index (Phi) is 9.65. The quantitative estimate of drug-likeness (QED) is 0.241. The van der Waals surface area contributed by atoms with Gasteiger partial charge in [-0.25, -0.2) is 4.79 Å². The third kappa shape index (κ3) is 6.12. The van der Waals surface area contributed by atoms with E-state index in [2.05, 4.69) is 36.4 Å². The predicted molar refractivity (Wildman–Crippen MR) is 195 cm³/mol. The van der Waals surface area contributed by atoms with Crippen LogP contribution in [0.2, 0.25) is 0 Å². The van der Waals surface area contributed by atoms with Gasteiger partial charge in [0, 0.05) is 36.5 Å². The fraction of sp³-hybridized carbons (Fsp3) is 0.825. The van der Waals surface area contributed by atoms with E-state index in [4.69, 9.17) is 15.2 Å². The summed E-state index contributed by atoms with van der Waals surface area (Å²) in [6.45, 7) is 19.0. The van der Waals surface area contributed by atoms with Crippen LogP contribution in [0.5, 0.6) is 0 Å². The van der Waals surface area contributed by atoms with Gasteiger partial charge in [0.15, 0.2) is 0 Å². The van der Waals surface area contributed by atoms with Crippen LogP contribution in [0.3, 0.4) is 0 Å². The summed E-state index contributed by atoms with van der Waals surface area (Å²) in [5.41, 5.74) is 2.31. The van der Waals surface area contributed by atoms with Gasteiger partial charge >= 0.3 is 6.09 Å². The zero-order valence-corrected chi connectivity index (χ0v) is 32.6. The summed E-state index contributed by atoms with van der Waals surface area (Å²) in [5.74, 6) is -2.03. The number of carbonyl (C=O) groups excluding carboxylic acids is 5. The molecule has 4 aliphatic carbocycles. The Morgan fingerprint density at radius 1 is 0.846 bits per heavy atom. The number of ether oxygens (including phenoxy) is 2. The molecule has 12 heteroatoms. The molecular weight excluding hydrogens is 662 g/mol. The first-order valence-electron chi connectivity index (χ1n) is 19.6. The Balaban J connectivity index is 1.34. The molecule has 0 radical (unpaired) electrons. The first kappa shape index (κ1) is 38.6. The van der Waals surface area contributed by atoms with Gasteiger partial charge in [0.25, 0.3) is 0 Å². The topological polar surface area (TPSA) is 169 Å². The number of nitrogens with two attached hydrogens (primary N) is 1. The summed E-state index contributed by atoms with van der Waals surface area (Å²) >= 11 is 0. The van der Waals surface area contributed by atoms with E-state index in [-0.39, 0.29) is 28.1 Å². The molecule has 0 bridgehead atoms. The minimum Gasteiger partial charge on any atom is -0.444 e. The lowest BCUT2D eigenvalue weighted by Crippen LogP contribution is -2.64. The number of rotatable bonds is 10. The van der Waals surface area contributed by atoms with Gasteiger partial charge in [-0.3, -0.25) is 19.2 Å². The van der Waals surface area contributed by atoms with Crippen molar-refractivity contribution in [1.29, 1.82) is 0 Å². The molecule has 0 aromatic heterocycles. The van der Waals surface area contributed by atoms with Crippen molar-refractivity contribution >= 4 is 29.7 Å². The van der Waals surface area contributed by atoms with Gasteiger partial charge < -0.3 is 36.1 Å². The lowest BCUT2D eigenvalue weighted by Gasteiger charge is -2.44. The normalized spacial score (nSPS) is 33.2. The molecule has 52 heavy (non-hydrogen) atoms. The molecule has 6 fully saturated rings. The highest BCUT2D eigenvalue weighted by molar-refractivity contribution is 5.99.